The molecule has 1 N–H and O–H groups in total. The highest BCUT2D eigenvalue weighted by molar-refractivity contribution is 7.99. The lowest BCUT2D eigenvalue weighted by Gasteiger charge is -2.24. The van der Waals surface area contributed by atoms with E-state index in [1.54, 1.807) is 29.8 Å². The van der Waals surface area contributed by atoms with Crippen molar-refractivity contribution < 1.29 is 19.1 Å². The Labute approximate surface area is 168 Å². The molecule has 4 rings (SSSR count). The first-order valence-electron chi connectivity index (χ1n) is 9.11. The molecule has 7 heteroatoms. The predicted molar refractivity (Wildman–Crippen MR) is 108 cm³/mol. The van der Waals surface area contributed by atoms with Gasteiger partial charge in [0.2, 0.25) is 5.91 Å². The standard InChI is InChI=1S/C21H22N2O4S/c1-12(13-7-5-4-6-8-13)22-19(24)15-11-28-21-14-9-10-16(26-2)18(27-3)17(14)20(25)23(15)21/h4-10,12,15,21H,11H2,1-3H3,(H,22,24)/t12-,15+,21+/m1/s1. The number of fused-ring (bicyclic) bond motifs is 3. The molecule has 6 nitrogen and oxygen atoms in total. The molecule has 3 atom stereocenters. The number of hydrogen-bond acceptors (Lipinski definition) is 5. The fraction of sp³-hybridized carbons (Fsp3) is 0.333. The molecule has 146 valence electrons. The molecule has 0 radical (unpaired) electrons. The van der Waals surface area contributed by atoms with Gasteiger partial charge in [-0.1, -0.05) is 36.4 Å². The smallest absolute Gasteiger partial charge is 0.260 e. The quantitative estimate of drug-likeness (QED) is 0.838. The van der Waals surface area contributed by atoms with E-state index in [9.17, 15) is 9.59 Å². The van der Waals surface area contributed by atoms with Crippen molar-refractivity contribution in [1.29, 1.82) is 0 Å². The lowest BCUT2D eigenvalue weighted by atomic mass is 10.1. The van der Waals surface area contributed by atoms with Crippen molar-refractivity contribution in [2.75, 3.05) is 20.0 Å². The van der Waals surface area contributed by atoms with Gasteiger partial charge >= 0.3 is 0 Å². The van der Waals surface area contributed by atoms with Crippen molar-refractivity contribution in [3.05, 3.63) is 59.2 Å². The van der Waals surface area contributed by atoms with Crippen LogP contribution in [0.1, 0.15) is 39.8 Å². The van der Waals surface area contributed by atoms with E-state index < -0.39 is 6.04 Å². The number of benzene rings is 2. The van der Waals surface area contributed by atoms with Crippen LogP contribution < -0.4 is 14.8 Å². The van der Waals surface area contributed by atoms with Gasteiger partial charge in [0.1, 0.15) is 11.4 Å². The maximum absolute atomic E-state index is 13.2. The molecule has 2 amide bonds. The van der Waals surface area contributed by atoms with Crippen LogP contribution in [0.4, 0.5) is 0 Å². The lowest BCUT2D eigenvalue weighted by molar-refractivity contribution is -0.125. The number of hydrogen-bond donors (Lipinski definition) is 1. The van der Waals surface area contributed by atoms with Gasteiger partial charge in [0, 0.05) is 11.3 Å². The Kier molecular flexibility index (Phi) is 4.93. The highest BCUT2D eigenvalue weighted by Gasteiger charge is 2.50. The van der Waals surface area contributed by atoms with Gasteiger partial charge in [0.25, 0.3) is 5.91 Å². The van der Waals surface area contributed by atoms with Crippen molar-refractivity contribution in [3.63, 3.8) is 0 Å². The summed E-state index contributed by atoms with van der Waals surface area (Å²) >= 11 is 1.60. The molecule has 2 aliphatic rings. The molecule has 1 fully saturated rings. The summed E-state index contributed by atoms with van der Waals surface area (Å²) in [5.74, 6) is 1.18. The van der Waals surface area contributed by atoms with Gasteiger partial charge in [0.15, 0.2) is 11.5 Å². The third-order valence-corrected chi connectivity index (χ3v) is 6.56. The van der Waals surface area contributed by atoms with E-state index >= 15 is 0 Å². The fourth-order valence-corrected chi connectivity index (χ4v) is 5.28. The Balaban J connectivity index is 1.58. The molecular formula is C21H22N2O4S. The highest BCUT2D eigenvalue weighted by atomic mass is 32.2. The predicted octanol–water partition coefficient (Wildman–Crippen LogP) is 3.15. The zero-order chi connectivity index (χ0) is 19.8. The molecule has 0 saturated carbocycles. The van der Waals surface area contributed by atoms with Crippen LogP contribution >= 0.6 is 11.8 Å². The number of nitrogens with one attached hydrogen (secondary N) is 1. The molecular weight excluding hydrogens is 376 g/mol. The zero-order valence-electron chi connectivity index (χ0n) is 16.0. The highest BCUT2D eigenvalue weighted by Crippen LogP contribution is 2.52. The lowest BCUT2D eigenvalue weighted by Crippen LogP contribution is -2.46. The molecule has 0 aliphatic carbocycles. The summed E-state index contributed by atoms with van der Waals surface area (Å²) in [6.07, 6.45) is 0. The Morgan fingerprint density at radius 1 is 1.18 bits per heavy atom. The minimum absolute atomic E-state index is 0.132. The van der Waals surface area contributed by atoms with Crippen LogP contribution in [0, 0.1) is 0 Å². The van der Waals surface area contributed by atoms with E-state index in [2.05, 4.69) is 5.32 Å². The van der Waals surface area contributed by atoms with Gasteiger partial charge < -0.3 is 19.7 Å². The number of carbonyl (C=O) groups excluding carboxylic acids is 2. The molecule has 2 heterocycles. The van der Waals surface area contributed by atoms with E-state index in [-0.39, 0.29) is 23.2 Å². The molecule has 2 aromatic rings. The van der Waals surface area contributed by atoms with E-state index in [0.29, 0.717) is 22.8 Å². The third kappa shape index (κ3) is 2.90. The van der Waals surface area contributed by atoms with Crippen molar-refractivity contribution >= 4 is 23.6 Å². The molecule has 0 aromatic heterocycles. The van der Waals surface area contributed by atoms with Crippen LogP contribution in [0.5, 0.6) is 11.5 Å². The first kappa shape index (κ1) is 18.7. The van der Waals surface area contributed by atoms with Gasteiger partial charge in [-0.2, -0.15) is 0 Å². The fourth-order valence-electron chi connectivity index (χ4n) is 3.83. The first-order chi connectivity index (χ1) is 13.6. The van der Waals surface area contributed by atoms with E-state index in [1.807, 2.05) is 43.3 Å². The number of rotatable bonds is 5. The van der Waals surface area contributed by atoms with Crippen molar-refractivity contribution in [1.82, 2.24) is 10.2 Å². The summed E-state index contributed by atoms with van der Waals surface area (Å²) in [6.45, 7) is 1.95. The summed E-state index contributed by atoms with van der Waals surface area (Å²) in [6, 6.07) is 12.8. The number of carbonyl (C=O) groups is 2. The third-order valence-electron chi connectivity index (χ3n) is 5.25. The number of ether oxygens (including phenoxy) is 2. The summed E-state index contributed by atoms with van der Waals surface area (Å²) in [5, 5.41) is 2.87. The minimum atomic E-state index is -0.517. The maximum Gasteiger partial charge on any atom is 0.260 e. The summed E-state index contributed by atoms with van der Waals surface area (Å²) < 4.78 is 10.8. The second kappa shape index (κ2) is 7.39. The van der Waals surface area contributed by atoms with Crippen LogP contribution in [0.3, 0.4) is 0 Å². The average Bonchev–Trinajstić information content (AvgIpc) is 3.28. The monoisotopic (exact) mass is 398 g/mol. The first-order valence-corrected chi connectivity index (χ1v) is 10.2. The molecule has 2 aromatic carbocycles. The Bertz CT molecular complexity index is 918. The Hall–Kier alpha value is -2.67. The molecule has 0 bridgehead atoms. The summed E-state index contributed by atoms with van der Waals surface area (Å²) in [4.78, 5) is 27.8. The number of amides is 2. The van der Waals surface area contributed by atoms with Crippen LogP contribution in [-0.4, -0.2) is 42.7 Å². The van der Waals surface area contributed by atoms with Crippen LogP contribution in [0.25, 0.3) is 0 Å². The van der Waals surface area contributed by atoms with Crippen molar-refractivity contribution in [3.8, 4) is 11.5 Å². The Morgan fingerprint density at radius 2 is 1.93 bits per heavy atom. The number of thioether (sulfide) groups is 1. The second-order valence-electron chi connectivity index (χ2n) is 6.82. The minimum Gasteiger partial charge on any atom is -0.493 e. The van der Waals surface area contributed by atoms with Gasteiger partial charge in [-0.05, 0) is 18.6 Å². The normalized spacial score (nSPS) is 21.1. The topological polar surface area (TPSA) is 67.9 Å². The SMILES string of the molecule is COc1ccc2c(c1OC)C(=O)N1[C@H](C(=O)N[C@H](C)c3ccccc3)CS[C@@H]21. The molecule has 2 aliphatic heterocycles. The van der Waals surface area contributed by atoms with Crippen molar-refractivity contribution in [2.24, 2.45) is 0 Å². The van der Waals surface area contributed by atoms with Crippen LogP contribution in [-0.2, 0) is 4.79 Å². The van der Waals surface area contributed by atoms with Crippen LogP contribution in [0.15, 0.2) is 42.5 Å². The van der Waals surface area contributed by atoms with E-state index in [0.717, 1.165) is 11.1 Å². The largest absolute Gasteiger partial charge is 0.493 e. The maximum atomic E-state index is 13.2. The molecule has 0 unspecified atom stereocenters. The van der Waals surface area contributed by atoms with E-state index in [4.69, 9.17) is 9.47 Å². The molecule has 28 heavy (non-hydrogen) atoms. The van der Waals surface area contributed by atoms with Gasteiger partial charge in [-0.15, -0.1) is 11.8 Å². The molecule has 1 saturated heterocycles. The second-order valence-corrected chi connectivity index (χ2v) is 7.93. The molecule has 0 spiro atoms. The summed E-state index contributed by atoms with van der Waals surface area (Å²) in [7, 11) is 3.06. The van der Waals surface area contributed by atoms with Gasteiger partial charge in [-0.25, -0.2) is 0 Å². The van der Waals surface area contributed by atoms with Gasteiger partial charge in [0.05, 0.1) is 25.8 Å². The van der Waals surface area contributed by atoms with Crippen LogP contribution in [0.2, 0.25) is 0 Å². The van der Waals surface area contributed by atoms with Gasteiger partial charge in [-0.3, -0.25) is 9.59 Å². The Morgan fingerprint density at radius 3 is 2.61 bits per heavy atom. The zero-order valence-corrected chi connectivity index (χ0v) is 16.8. The number of nitrogens with zero attached hydrogens (tertiary/aromatic N) is 1. The van der Waals surface area contributed by atoms with Crippen molar-refractivity contribution in [2.45, 2.75) is 24.4 Å². The van der Waals surface area contributed by atoms with E-state index in [1.165, 1.54) is 7.11 Å². The number of methoxy groups -OCH3 is 2. The average molecular weight is 398 g/mol. The summed E-state index contributed by atoms with van der Waals surface area (Å²) in [5.41, 5.74) is 2.40.